The van der Waals surface area contributed by atoms with Gasteiger partial charge in [0.15, 0.2) is 11.4 Å². The third-order valence-electron chi connectivity index (χ3n) is 3.68. The molecule has 7 nitrogen and oxygen atoms in total. The maximum absolute atomic E-state index is 12.3. The van der Waals surface area contributed by atoms with E-state index in [0.29, 0.717) is 18.2 Å². The lowest BCUT2D eigenvalue weighted by Crippen LogP contribution is -2.45. The van der Waals surface area contributed by atoms with Crippen LogP contribution in [0.1, 0.15) is 41.2 Å². The molecular weight excluding hydrogens is 294 g/mol. The molecule has 1 aromatic heterocycles. The number of nitrogens with zero attached hydrogens (tertiary/aromatic N) is 3. The SMILES string of the molecule is CC(C)CC1Cn2nnc(C(=O)Nc3ccccc3)c2C(=O)N1. The Morgan fingerprint density at radius 3 is 2.83 bits per heavy atom. The van der Waals surface area contributed by atoms with Crippen LogP contribution >= 0.6 is 0 Å². The van der Waals surface area contributed by atoms with Gasteiger partial charge in [-0.25, -0.2) is 4.68 Å². The molecule has 0 spiro atoms. The third-order valence-corrected chi connectivity index (χ3v) is 3.68. The zero-order chi connectivity index (χ0) is 16.4. The normalized spacial score (nSPS) is 16.8. The molecule has 1 unspecified atom stereocenters. The van der Waals surface area contributed by atoms with Gasteiger partial charge in [0.05, 0.1) is 6.54 Å². The summed E-state index contributed by atoms with van der Waals surface area (Å²) in [5.41, 5.74) is 0.918. The Kier molecular flexibility index (Phi) is 4.10. The zero-order valence-electron chi connectivity index (χ0n) is 13.1. The molecule has 3 rings (SSSR count). The average molecular weight is 313 g/mol. The molecule has 2 aromatic rings. The first kappa shape index (κ1) is 15.2. The van der Waals surface area contributed by atoms with E-state index in [4.69, 9.17) is 0 Å². The molecule has 1 aliphatic rings. The van der Waals surface area contributed by atoms with E-state index in [1.54, 1.807) is 12.1 Å². The fraction of sp³-hybridized carbons (Fsp3) is 0.375. The standard InChI is InChI=1S/C16H19N5O2/c1-10(2)8-12-9-21-14(16(23)18-12)13(19-20-21)15(22)17-11-6-4-3-5-7-11/h3-7,10,12H,8-9H2,1-2H3,(H,17,22)(H,18,23). The Balaban J connectivity index is 1.80. The number of fused-ring (bicyclic) bond motifs is 1. The zero-order valence-corrected chi connectivity index (χ0v) is 13.1. The first-order chi connectivity index (χ1) is 11.0. The van der Waals surface area contributed by atoms with Crippen molar-refractivity contribution in [3.05, 3.63) is 41.7 Å². The van der Waals surface area contributed by atoms with Crippen molar-refractivity contribution < 1.29 is 9.59 Å². The van der Waals surface area contributed by atoms with Gasteiger partial charge in [0, 0.05) is 11.7 Å². The fourth-order valence-electron chi connectivity index (χ4n) is 2.74. The molecule has 0 saturated carbocycles. The highest BCUT2D eigenvalue weighted by Gasteiger charge is 2.32. The fourth-order valence-corrected chi connectivity index (χ4v) is 2.74. The lowest BCUT2D eigenvalue weighted by Gasteiger charge is -2.25. The van der Waals surface area contributed by atoms with E-state index in [1.165, 1.54) is 4.68 Å². The Hall–Kier alpha value is -2.70. The van der Waals surface area contributed by atoms with E-state index in [0.717, 1.165) is 6.42 Å². The second kappa shape index (κ2) is 6.20. The molecule has 1 aliphatic heterocycles. The minimum Gasteiger partial charge on any atom is -0.346 e. The number of carbonyl (C=O) groups is 2. The van der Waals surface area contributed by atoms with Gasteiger partial charge in [-0.3, -0.25) is 9.59 Å². The first-order valence-corrected chi connectivity index (χ1v) is 7.65. The predicted octanol–water partition coefficient (Wildman–Crippen LogP) is 1.69. The molecule has 23 heavy (non-hydrogen) atoms. The van der Waals surface area contributed by atoms with Crippen molar-refractivity contribution in [3.63, 3.8) is 0 Å². The second-order valence-corrected chi connectivity index (χ2v) is 6.09. The van der Waals surface area contributed by atoms with E-state index in [2.05, 4.69) is 34.8 Å². The summed E-state index contributed by atoms with van der Waals surface area (Å²) in [7, 11) is 0. The molecule has 120 valence electrons. The van der Waals surface area contributed by atoms with Crippen LogP contribution in [0.3, 0.4) is 0 Å². The van der Waals surface area contributed by atoms with Crippen LogP contribution < -0.4 is 10.6 Å². The molecule has 0 fully saturated rings. The molecular formula is C16H19N5O2. The minimum absolute atomic E-state index is 0.0155. The lowest BCUT2D eigenvalue weighted by atomic mass is 10.0. The predicted molar refractivity (Wildman–Crippen MR) is 85.1 cm³/mol. The van der Waals surface area contributed by atoms with Crippen LogP contribution in [0, 0.1) is 5.92 Å². The summed E-state index contributed by atoms with van der Waals surface area (Å²) in [5, 5.41) is 13.5. The maximum Gasteiger partial charge on any atom is 0.278 e. The Morgan fingerprint density at radius 2 is 2.13 bits per heavy atom. The topological polar surface area (TPSA) is 88.9 Å². The van der Waals surface area contributed by atoms with Gasteiger partial charge in [-0.2, -0.15) is 0 Å². The van der Waals surface area contributed by atoms with Crippen molar-refractivity contribution in [2.45, 2.75) is 32.9 Å². The van der Waals surface area contributed by atoms with Crippen LogP contribution in [-0.2, 0) is 6.54 Å². The smallest absolute Gasteiger partial charge is 0.278 e. The molecule has 1 atom stereocenters. The number of amides is 2. The largest absolute Gasteiger partial charge is 0.346 e. The molecule has 0 radical (unpaired) electrons. The van der Waals surface area contributed by atoms with Crippen molar-refractivity contribution in [2.24, 2.45) is 5.92 Å². The van der Waals surface area contributed by atoms with Crippen LogP contribution in [0.15, 0.2) is 30.3 Å². The number of para-hydroxylation sites is 1. The van der Waals surface area contributed by atoms with E-state index < -0.39 is 5.91 Å². The summed E-state index contributed by atoms with van der Waals surface area (Å²) in [4.78, 5) is 24.7. The van der Waals surface area contributed by atoms with Crippen LogP contribution in [0.5, 0.6) is 0 Å². The van der Waals surface area contributed by atoms with Gasteiger partial charge in [0.25, 0.3) is 11.8 Å². The van der Waals surface area contributed by atoms with Gasteiger partial charge >= 0.3 is 0 Å². The molecule has 0 saturated heterocycles. The quantitative estimate of drug-likeness (QED) is 0.899. The van der Waals surface area contributed by atoms with Crippen LogP contribution in [0.2, 0.25) is 0 Å². The van der Waals surface area contributed by atoms with Gasteiger partial charge in [-0.1, -0.05) is 37.3 Å². The number of aromatic nitrogens is 3. The summed E-state index contributed by atoms with van der Waals surface area (Å²) in [5.74, 6) is -0.272. The van der Waals surface area contributed by atoms with E-state index in [-0.39, 0.29) is 23.3 Å². The van der Waals surface area contributed by atoms with Crippen molar-refractivity contribution in [3.8, 4) is 0 Å². The van der Waals surface area contributed by atoms with Gasteiger partial charge in [-0.15, -0.1) is 5.10 Å². The molecule has 0 aliphatic carbocycles. The molecule has 2 heterocycles. The molecule has 1 aromatic carbocycles. The van der Waals surface area contributed by atoms with E-state index >= 15 is 0 Å². The van der Waals surface area contributed by atoms with E-state index in [1.807, 2.05) is 18.2 Å². The van der Waals surface area contributed by atoms with Crippen LogP contribution in [0.25, 0.3) is 0 Å². The molecule has 2 N–H and O–H groups in total. The van der Waals surface area contributed by atoms with Crippen molar-refractivity contribution in [1.29, 1.82) is 0 Å². The first-order valence-electron chi connectivity index (χ1n) is 7.65. The van der Waals surface area contributed by atoms with Gasteiger partial charge < -0.3 is 10.6 Å². The van der Waals surface area contributed by atoms with Crippen molar-refractivity contribution >= 4 is 17.5 Å². The number of nitrogens with one attached hydrogen (secondary N) is 2. The van der Waals surface area contributed by atoms with Crippen LogP contribution in [-0.4, -0.2) is 32.9 Å². The number of anilines is 1. The van der Waals surface area contributed by atoms with Crippen molar-refractivity contribution in [1.82, 2.24) is 20.3 Å². The summed E-state index contributed by atoms with van der Waals surface area (Å²) < 4.78 is 1.52. The number of benzene rings is 1. The molecule has 7 heteroatoms. The third kappa shape index (κ3) is 3.23. The highest BCUT2D eigenvalue weighted by Crippen LogP contribution is 2.17. The van der Waals surface area contributed by atoms with Gasteiger partial charge in [-0.05, 0) is 24.5 Å². The highest BCUT2D eigenvalue weighted by molar-refractivity contribution is 6.10. The molecule has 0 bridgehead atoms. The number of rotatable bonds is 4. The summed E-state index contributed by atoms with van der Waals surface area (Å²) in [6, 6.07) is 9.05. The Labute approximate surface area is 134 Å². The monoisotopic (exact) mass is 313 g/mol. The van der Waals surface area contributed by atoms with E-state index in [9.17, 15) is 9.59 Å². The van der Waals surface area contributed by atoms with Crippen molar-refractivity contribution in [2.75, 3.05) is 5.32 Å². The summed E-state index contributed by atoms with van der Waals surface area (Å²) in [6.07, 6.45) is 0.858. The summed E-state index contributed by atoms with van der Waals surface area (Å²) >= 11 is 0. The van der Waals surface area contributed by atoms with Gasteiger partial charge in [0.2, 0.25) is 0 Å². The number of hydrogen-bond donors (Lipinski definition) is 2. The number of carbonyl (C=O) groups excluding carboxylic acids is 2. The highest BCUT2D eigenvalue weighted by atomic mass is 16.2. The second-order valence-electron chi connectivity index (χ2n) is 6.09. The lowest BCUT2D eigenvalue weighted by molar-refractivity contribution is 0.0879. The maximum atomic E-state index is 12.3. The Morgan fingerprint density at radius 1 is 1.39 bits per heavy atom. The van der Waals surface area contributed by atoms with Gasteiger partial charge in [0.1, 0.15) is 0 Å². The minimum atomic E-state index is -0.435. The molecule has 2 amide bonds. The number of hydrogen-bond acceptors (Lipinski definition) is 4. The van der Waals surface area contributed by atoms with Crippen LogP contribution in [0.4, 0.5) is 5.69 Å². The summed E-state index contributed by atoms with van der Waals surface area (Å²) in [6.45, 7) is 4.73. The Bertz CT molecular complexity index is 723. The average Bonchev–Trinajstić information content (AvgIpc) is 2.92.